The number of phenols is 1. The summed E-state index contributed by atoms with van der Waals surface area (Å²) in [5.41, 5.74) is 5.56. The highest BCUT2D eigenvalue weighted by molar-refractivity contribution is 6.28. The Hall–Kier alpha value is -3.33. The maximum Gasteiger partial charge on any atom is 0.255 e. The predicted octanol–water partition coefficient (Wildman–Crippen LogP) is 1.31. The number of hydrogen-bond acceptors (Lipinski definition) is 8. The zero-order chi connectivity index (χ0) is 24.6. The van der Waals surface area contributed by atoms with E-state index in [-0.39, 0.29) is 22.6 Å². The molecule has 0 bridgehead atoms. The lowest BCUT2D eigenvalue weighted by Crippen LogP contribution is -2.61. The van der Waals surface area contributed by atoms with Gasteiger partial charge in [-0.05, 0) is 50.6 Å². The lowest BCUT2D eigenvalue weighted by molar-refractivity contribution is -0.142. The van der Waals surface area contributed by atoms with Gasteiger partial charge >= 0.3 is 0 Å². The monoisotopic (exact) mass is 455 g/mol. The van der Waals surface area contributed by atoms with E-state index in [0.717, 1.165) is 5.69 Å². The van der Waals surface area contributed by atoms with Crippen LogP contribution < -0.4 is 10.6 Å². The molecular formula is C24H29N3O6. The first-order valence-electron chi connectivity index (χ1n) is 10.8. The Labute approximate surface area is 191 Å². The molecule has 1 saturated carbocycles. The number of ketones is 2. The van der Waals surface area contributed by atoms with Gasteiger partial charge in [0.2, 0.25) is 0 Å². The van der Waals surface area contributed by atoms with Crippen molar-refractivity contribution in [3.05, 3.63) is 40.2 Å². The van der Waals surface area contributed by atoms with Crippen molar-refractivity contribution in [2.24, 2.45) is 23.0 Å². The van der Waals surface area contributed by atoms with Gasteiger partial charge in [0.25, 0.3) is 5.91 Å². The van der Waals surface area contributed by atoms with Crippen LogP contribution in [0.1, 0.15) is 24.5 Å². The van der Waals surface area contributed by atoms with E-state index in [1.54, 1.807) is 32.0 Å². The van der Waals surface area contributed by atoms with Gasteiger partial charge in [0.1, 0.15) is 22.8 Å². The van der Waals surface area contributed by atoms with E-state index in [0.29, 0.717) is 18.4 Å². The van der Waals surface area contributed by atoms with Gasteiger partial charge in [-0.25, -0.2) is 0 Å². The molecule has 0 spiro atoms. The summed E-state index contributed by atoms with van der Waals surface area (Å²) in [4.78, 5) is 42.7. The quantitative estimate of drug-likeness (QED) is 0.394. The molecule has 3 aliphatic rings. The first-order chi connectivity index (χ1) is 15.3. The van der Waals surface area contributed by atoms with Crippen LogP contribution in [0.25, 0.3) is 5.76 Å². The SMILES string of the molecule is CN(C)c1ccc(O)c2c1C[C@H]1C[C@]3(C)[C@@H](C(=O)C(C(N)=O)=C(O)[C@H]3N(C)C)C(=O)C1=C2O. The van der Waals surface area contributed by atoms with E-state index in [1.807, 2.05) is 19.0 Å². The van der Waals surface area contributed by atoms with Crippen LogP contribution in [0.2, 0.25) is 0 Å². The molecule has 0 radical (unpaired) electrons. The molecule has 0 saturated heterocycles. The number of likely N-dealkylation sites (N-methyl/N-ethyl adjacent to an activating group) is 1. The van der Waals surface area contributed by atoms with Crippen molar-refractivity contribution in [2.75, 3.05) is 33.1 Å². The minimum atomic E-state index is -1.29. The third-order valence-electron chi connectivity index (χ3n) is 7.38. The Morgan fingerprint density at radius 2 is 1.73 bits per heavy atom. The zero-order valence-corrected chi connectivity index (χ0v) is 19.3. The van der Waals surface area contributed by atoms with Gasteiger partial charge in [0.15, 0.2) is 11.6 Å². The Balaban J connectivity index is 1.97. The van der Waals surface area contributed by atoms with E-state index in [1.165, 1.54) is 6.07 Å². The van der Waals surface area contributed by atoms with Gasteiger partial charge in [0.05, 0.1) is 17.5 Å². The van der Waals surface area contributed by atoms with Crippen molar-refractivity contribution in [1.82, 2.24) is 4.90 Å². The summed E-state index contributed by atoms with van der Waals surface area (Å²) in [6, 6.07) is 2.42. The minimum Gasteiger partial charge on any atom is -0.510 e. The minimum absolute atomic E-state index is 0.0762. The fourth-order valence-corrected chi connectivity index (χ4v) is 6.28. The van der Waals surface area contributed by atoms with E-state index in [4.69, 9.17) is 5.73 Å². The third kappa shape index (κ3) is 2.98. The smallest absolute Gasteiger partial charge is 0.255 e. The molecule has 1 amide bonds. The van der Waals surface area contributed by atoms with Gasteiger partial charge in [-0.1, -0.05) is 6.92 Å². The average molecular weight is 456 g/mol. The molecule has 176 valence electrons. The predicted molar refractivity (Wildman–Crippen MR) is 122 cm³/mol. The highest BCUT2D eigenvalue weighted by atomic mass is 16.3. The standard InChI is InChI=1S/C24H29N3O6/c1-24-9-10-8-11-12(26(2)3)6-7-13(28)15(11)18(29)14(10)19(30)17(24)20(31)16(23(25)33)21(32)22(24)27(4)5/h6-7,10,17,22,28-29,32H,8-9H2,1-5H3,(H2,25,33)/t10-,17+,22+,24+/m0/s1. The summed E-state index contributed by atoms with van der Waals surface area (Å²) >= 11 is 0. The largest absolute Gasteiger partial charge is 0.510 e. The lowest BCUT2D eigenvalue weighted by atomic mass is 9.52. The van der Waals surface area contributed by atoms with Crippen molar-refractivity contribution in [3.63, 3.8) is 0 Å². The Morgan fingerprint density at radius 1 is 1.09 bits per heavy atom. The summed E-state index contributed by atoms with van der Waals surface area (Å²) in [7, 11) is 7.09. The Bertz CT molecular complexity index is 1160. The average Bonchev–Trinajstić information content (AvgIpc) is 2.65. The number of hydrogen-bond donors (Lipinski definition) is 4. The first-order valence-corrected chi connectivity index (χ1v) is 10.8. The van der Waals surface area contributed by atoms with E-state index in [9.17, 15) is 29.7 Å². The number of amides is 1. The van der Waals surface area contributed by atoms with Crippen LogP contribution in [0.3, 0.4) is 0 Å². The molecule has 9 heteroatoms. The number of aliphatic hydroxyl groups is 2. The number of nitrogens with two attached hydrogens (primary N) is 1. The highest BCUT2D eigenvalue weighted by Gasteiger charge is 2.62. The molecule has 5 N–H and O–H groups in total. The molecule has 0 unspecified atom stereocenters. The van der Waals surface area contributed by atoms with Crippen molar-refractivity contribution in [3.8, 4) is 5.75 Å². The number of Topliss-reactive ketones (excluding diaryl/α,β-unsaturated/α-hetero) is 2. The van der Waals surface area contributed by atoms with Gasteiger partial charge in [0, 0.05) is 30.8 Å². The molecule has 4 atom stereocenters. The maximum absolute atomic E-state index is 13.8. The van der Waals surface area contributed by atoms with Gasteiger partial charge in [-0.3, -0.25) is 19.3 Å². The fourth-order valence-electron chi connectivity index (χ4n) is 6.28. The second kappa shape index (κ2) is 7.34. The molecule has 0 aliphatic heterocycles. The molecule has 3 aliphatic carbocycles. The molecule has 1 aromatic carbocycles. The summed E-state index contributed by atoms with van der Waals surface area (Å²) in [6.07, 6.45) is 0.668. The normalized spacial score (nSPS) is 29.1. The number of aromatic hydroxyl groups is 1. The molecule has 9 nitrogen and oxygen atoms in total. The third-order valence-corrected chi connectivity index (χ3v) is 7.38. The molecule has 0 aromatic heterocycles. The van der Waals surface area contributed by atoms with Crippen LogP contribution >= 0.6 is 0 Å². The fraction of sp³-hybridized carbons (Fsp3) is 0.458. The molecule has 33 heavy (non-hydrogen) atoms. The van der Waals surface area contributed by atoms with Crippen LogP contribution in [-0.4, -0.2) is 71.9 Å². The van der Waals surface area contributed by atoms with Crippen LogP contribution in [-0.2, 0) is 20.8 Å². The number of rotatable bonds is 3. The molecule has 4 rings (SSSR count). The van der Waals surface area contributed by atoms with Gasteiger partial charge in [-0.2, -0.15) is 0 Å². The number of carbonyl (C=O) groups excluding carboxylic acids is 3. The van der Waals surface area contributed by atoms with Crippen molar-refractivity contribution in [2.45, 2.75) is 25.8 Å². The second-order valence-electron chi connectivity index (χ2n) is 9.88. The number of benzene rings is 1. The Kier molecular flexibility index (Phi) is 5.09. The van der Waals surface area contributed by atoms with Crippen molar-refractivity contribution in [1.29, 1.82) is 0 Å². The van der Waals surface area contributed by atoms with Crippen LogP contribution in [0.5, 0.6) is 5.75 Å². The van der Waals surface area contributed by atoms with E-state index >= 15 is 0 Å². The van der Waals surface area contributed by atoms with Gasteiger partial charge < -0.3 is 26.0 Å². The van der Waals surface area contributed by atoms with Crippen molar-refractivity contribution < 1.29 is 29.7 Å². The highest BCUT2D eigenvalue weighted by Crippen LogP contribution is 2.56. The van der Waals surface area contributed by atoms with Crippen LogP contribution in [0, 0.1) is 17.3 Å². The zero-order valence-electron chi connectivity index (χ0n) is 19.3. The Morgan fingerprint density at radius 3 is 2.27 bits per heavy atom. The van der Waals surface area contributed by atoms with Crippen LogP contribution in [0.15, 0.2) is 29.0 Å². The number of allylic oxidation sites excluding steroid dienone is 1. The second-order valence-corrected chi connectivity index (χ2v) is 9.88. The summed E-state index contributed by atoms with van der Waals surface area (Å²) < 4.78 is 0. The van der Waals surface area contributed by atoms with Crippen LogP contribution in [0.4, 0.5) is 5.69 Å². The number of primary amides is 1. The number of phenolic OH excluding ortho intramolecular Hbond substituents is 1. The van der Waals surface area contributed by atoms with Crippen molar-refractivity contribution >= 4 is 28.9 Å². The number of nitrogens with zero attached hydrogens (tertiary/aromatic N) is 2. The number of aliphatic hydroxyl groups excluding tert-OH is 2. The molecule has 0 heterocycles. The van der Waals surface area contributed by atoms with Gasteiger partial charge in [-0.15, -0.1) is 0 Å². The number of carbonyl (C=O) groups is 3. The lowest BCUT2D eigenvalue weighted by Gasteiger charge is -2.53. The maximum atomic E-state index is 13.8. The summed E-state index contributed by atoms with van der Waals surface area (Å²) in [5.74, 6) is -5.19. The van der Waals surface area contributed by atoms with E-state index in [2.05, 4.69) is 0 Å². The first kappa shape index (κ1) is 22.8. The summed E-state index contributed by atoms with van der Waals surface area (Å²) in [6.45, 7) is 1.75. The number of fused-ring (bicyclic) bond motifs is 3. The molecule has 1 aromatic rings. The number of anilines is 1. The summed E-state index contributed by atoms with van der Waals surface area (Å²) in [5, 5.41) is 32.6. The molecule has 1 fully saturated rings. The molecular weight excluding hydrogens is 426 g/mol. The van der Waals surface area contributed by atoms with E-state index < -0.39 is 52.1 Å². The topological polar surface area (TPSA) is 144 Å².